The van der Waals surface area contributed by atoms with E-state index in [1.165, 1.54) is 6.33 Å². The van der Waals surface area contributed by atoms with Gasteiger partial charge in [0.15, 0.2) is 0 Å². The van der Waals surface area contributed by atoms with Gasteiger partial charge in [-0.05, 0) is 38.5 Å². The Morgan fingerprint density at radius 1 is 1.21 bits per heavy atom. The van der Waals surface area contributed by atoms with E-state index in [2.05, 4.69) is 15.1 Å². The molecule has 28 heavy (non-hydrogen) atoms. The highest BCUT2D eigenvalue weighted by Crippen LogP contribution is 2.30. The Labute approximate surface area is 165 Å². The van der Waals surface area contributed by atoms with E-state index < -0.39 is 0 Å². The molecule has 0 aliphatic heterocycles. The lowest BCUT2D eigenvalue weighted by Crippen LogP contribution is -2.26. The molecule has 0 saturated heterocycles. The number of rotatable bonds is 6. The second-order valence-corrected chi connectivity index (χ2v) is 6.68. The normalized spacial score (nSPS) is 10.8. The minimum Gasteiger partial charge on any atom is -0.480 e. The van der Waals surface area contributed by atoms with E-state index in [4.69, 9.17) is 4.74 Å². The monoisotopic (exact) mass is 379 g/mol. The zero-order valence-corrected chi connectivity index (χ0v) is 16.9. The van der Waals surface area contributed by atoms with Crippen LogP contribution in [-0.4, -0.2) is 44.7 Å². The molecular formula is C21H25N5O2. The van der Waals surface area contributed by atoms with Gasteiger partial charge in [-0.25, -0.2) is 9.97 Å². The molecule has 1 aromatic carbocycles. The van der Waals surface area contributed by atoms with Gasteiger partial charge < -0.3 is 9.64 Å². The lowest BCUT2D eigenvalue weighted by molar-refractivity contribution is 0.0785. The SMILES string of the molecule is CCn1cc(CN(C)C(=O)c2cccc(-c3c(C)ncnc3OC)c2)c(C)n1. The van der Waals surface area contributed by atoms with E-state index in [-0.39, 0.29) is 5.91 Å². The van der Waals surface area contributed by atoms with Crippen molar-refractivity contribution in [3.05, 3.63) is 59.3 Å². The highest BCUT2D eigenvalue weighted by Gasteiger charge is 2.17. The molecule has 7 nitrogen and oxygen atoms in total. The van der Waals surface area contributed by atoms with Gasteiger partial charge in [-0.3, -0.25) is 9.48 Å². The summed E-state index contributed by atoms with van der Waals surface area (Å²) < 4.78 is 7.26. The van der Waals surface area contributed by atoms with Gasteiger partial charge in [-0.15, -0.1) is 0 Å². The van der Waals surface area contributed by atoms with Gasteiger partial charge in [0.05, 0.1) is 24.1 Å². The summed E-state index contributed by atoms with van der Waals surface area (Å²) >= 11 is 0. The number of carbonyl (C=O) groups is 1. The van der Waals surface area contributed by atoms with E-state index in [1.54, 1.807) is 19.1 Å². The molecule has 0 aliphatic rings. The summed E-state index contributed by atoms with van der Waals surface area (Å²) in [5.41, 5.74) is 5.03. The van der Waals surface area contributed by atoms with Crippen LogP contribution in [0.2, 0.25) is 0 Å². The first-order valence-corrected chi connectivity index (χ1v) is 9.19. The van der Waals surface area contributed by atoms with Crippen molar-refractivity contribution in [3.8, 4) is 17.0 Å². The fraction of sp³-hybridized carbons (Fsp3) is 0.333. The van der Waals surface area contributed by atoms with E-state index in [0.717, 1.165) is 34.6 Å². The molecule has 2 heterocycles. The fourth-order valence-corrected chi connectivity index (χ4v) is 3.17. The number of aryl methyl sites for hydroxylation is 3. The van der Waals surface area contributed by atoms with Crippen molar-refractivity contribution >= 4 is 5.91 Å². The minimum atomic E-state index is -0.0565. The van der Waals surface area contributed by atoms with Gasteiger partial charge in [0.1, 0.15) is 6.33 Å². The number of aromatic nitrogens is 4. The van der Waals surface area contributed by atoms with Crippen molar-refractivity contribution < 1.29 is 9.53 Å². The number of benzene rings is 1. The molecule has 0 saturated carbocycles. The number of hydrogen-bond donors (Lipinski definition) is 0. The van der Waals surface area contributed by atoms with Crippen LogP contribution in [0.4, 0.5) is 0 Å². The summed E-state index contributed by atoms with van der Waals surface area (Å²) in [6, 6.07) is 7.47. The second-order valence-electron chi connectivity index (χ2n) is 6.68. The minimum absolute atomic E-state index is 0.0565. The topological polar surface area (TPSA) is 73.1 Å². The van der Waals surface area contributed by atoms with E-state index in [9.17, 15) is 4.79 Å². The zero-order valence-electron chi connectivity index (χ0n) is 16.9. The highest BCUT2D eigenvalue weighted by atomic mass is 16.5. The Balaban J connectivity index is 1.87. The largest absolute Gasteiger partial charge is 0.480 e. The summed E-state index contributed by atoms with van der Waals surface area (Å²) in [6.45, 7) is 7.21. The number of nitrogens with zero attached hydrogens (tertiary/aromatic N) is 5. The Hall–Kier alpha value is -3.22. The van der Waals surface area contributed by atoms with E-state index in [0.29, 0.717) is 18.0 Å². The first-order chi connectivity index (χ1) is 13.4. The summed E-state index contributed by atoms with van der Waals surface area (Å²) in [7, 11) is 3.38. The Kier molecular flexibility index (Phi) is 5.73. The van der Waals surface area contributed by atoms with Gasteiger partial charge in [0.25, 0.3) is 5.91 Å². The quantitative estimate of drug-likeness (QED) is 0.657. The molecule has 3 aromatic rings. The molecule has 1 amide bonds. The lowest BCUT2D eigenvalue weighted by Gasteiger charge is -2.18. The summed E-state index contributed by atoms with van der Waals surface area (Å²) in [5, 5.41) is 4.45. The van der Waals surface area contributed by atoms with Gasteiger partial charge in [0.2, 0.25) is 5.88 Å². The van der Waals surface area contributed by atoms with Crippen LogP contribution >= 0.6 is 0 Å². The average molecular weight is 379 g/mol. The molecule has 0 fully saturated rings. The summed E-state index contributed by atoms with van der Waals surface area (Å²) in [6.07, 6.45) is 3.46. The van der Waals surface area contributed by atoms with E-state index in [1.807, 2.05) is 55.9 Å². The Bertz CT molecular complexity index is 996. The van der Waals surface area contributed by atoms with Crippen LogP contribution in [0.3, 0.4) is 0 Å². The zero-order chi connectivity index (χ0) is 20.3. The van der Waals surface area contributed by atoms with Gasteiger partial charge in [-0.1, -0.05) is 12.1 Å². The molecular weight excluding hydrogens is 354 g/mol. The number of ether oxygens (including phenoxy) is 1. The third kappa shape index (κ3) is 3.88. The van der Waals surface area contributed by atoms with Crippen LogP contribution in [-0.2, 0) is 13.1 Å². The van der Waals surface area contributed by atoms with Gasteiger partial charge in [0, 0.05) is 37.5 Å². The molecule has 3 rings (SSSR count). The maximum Gasteiger partial charge on any atom is 0.253 e. The average Bonchev–Trinajstić information content (AvgIpc) is 3.06. The molecule has 0 radical (unpaired) electrons. The number of carbonyl (C=O) groups excluding carboxylic acids is 1. The van der Waals surface area contributed by atoms with Crippen LogP contribution < -0.4 is 4.74 Å². The molecule has 0 atom stereocenters. The van der Waals surface area contributed by atoms with Crippen LogP contribution in [0.15, 0.2) is 36.8 Å². The molecule has 0 bridgehead atoms. The van der Waals surface area contributed by atoms with Crippen LogP contribution in [0, 0.1) is 13.8 Å². The third-order valence-corrected chi connectivity index (χ3v) is 4.72. The Morgan fingerprint density at radius 2 is 2.00 bits per heavy atom. The third-order valence-electron chi connectivity index (χ3n) is 4.72. The summed E-state index contributed by atoms with van der Waals surface area (Å²) in [4.78, 5) is 23.1. The van der Waals surface area contributed by atoms with Crippen molar-refractivity contribution in [2.45, 2.75) is 33.9 Å². The molecule has 0 aliphatic carbocycles. The number of methoxy groups -OCH3 is 1. The van der Waals surface area contributed by atoms with Crippen molar-refractivity contribution in [1.82, 2.24) is 24.6 Å². The predicted molar refractivity (Wildman–Crippen MR) is 107 cm³/mol. The smallest absolute Gasteiger partial charge is 0.253 e. The predicted octanol–water partition coefficient (Wildman–Crippen LogP) is 3.26. The lowest BCUT2D eigenvalue weighted by atomic mass is 10.0. The molecule has 0 spiro atoms. The van der Waals surface area contributed by atoms with Crippen molar-refractivity contribution in [1.29, 1.82) is 0 Å². The number of hydrogen-bond acceptors (Lipinski definition) is 5. The van der Waals surface area contributed by atoms with Crippen molar-refractivity contribution in [2.24, 2.45) is 0 Å². The standard InChI is InChI=1S/C21H25N5O2/c1-6-26-12-18(14(2)24-26)11-25(4)21(27)17-9-7-8-16(10-17)19-15(3)22-13-23-20(19)28-5/h7-10,12-13H,6,11H2,1-5H3. The van der Waals surface area contributed by atoms with Gasteiger partial charge >= 0.3 is 0 Å². The highest BCUT2D eigenvalue weighted by molar-refractivity contribution is 5.95. The second kappa shape index (κ2) is 8.21. The van der Waals surface area contributed by atoms with E-state index >= 15 is 0 Å². The van der Waals surface area contributed by atoms with Crippen LogP contribution in [0.5, 0.6) is 5.88 Å². The molecule has 146 valence electrons. The molecule has 0 N–H and O–H groups in total. The summed E-state index contributed by atoms with van der Waals surface area (Å²) in [5.74, 6) is 0.437. The maximum atomic E-state index is 13.0. The van der Waals surface area contributed by atoms with Crippen LogP contribution in [0.1, 0.15) is 34.2 Å². The molecule has 7 heteroatoms. The fourth-order valence-electron chi connectivity index (χ4n) is 3.17. The maximum absolute atomic E-state index is 13.0. The van der Waals surface area contributed by atoms with Crippen molar-refractivity contribution in [3.63, 3.8) is 0 Å². The van der Waals surface area contributed by atoms with Crippen molar-refractivity contribution in [2.75, 3.05) is 14.2 Å². The molecule has 0 unspecified atom stereocenters. The first kappa shape index (κ1) is 19.5. The first-order valence-electron chi connectivity index (χ1n) is 9.19. The molecule has 2 aromatic heterocycles. The number of amides is 1. The van der Waals surface area contributed by atoms with Crippen LogP contribution in [0.25, 0.3) is 11.1 Å². The van der Waals surface area contributed by atoms with Gasteiger partial charge in [-0.2, -0.15) is 5.10 Å². The Morgan fingerprint density at radius 3 is 2.68 bits per heavy atom.